The number of aliphatic hydroxyl groups excluding tert-OH is 1. The van der Waals surface area contributed by atoms with Crippen LogP contribution in [0.5, 0.6) is 5.75 Å². The van der Waals surface area contributed by atoms with Gasteiger partial charge >= 0.3 is 5.97 Å². The molecule has 0 aliphatic rings. The molecule has 2 aromatic carbocycles. The second-order valence-electron chi connectivity index (χ2n) is 9.99. The number of aryl methyl sites for hydroxylation is 2. The van der Waals surface area contributed by atoms with Crippen LogP contribution < -0.4 is 10.3 Å². The number of hydrogen-bond donors (Lipinski definition) is 1. The number of hydrogen-bond acceptors (Lipinski definition) is 8. The van der Waals surface area contributed by atoms with Gasteiger partial charge in [-0.15, -0.1) is 0 Å². The summed E-state index contributed by atoms with van der Waals surface area (Å²) in [6, 6.07) is 21.0. The maximum atomic E-state index is 14.0. The Morgan fingerprint density at radius 2 is 1.62 bits per heavy atom. The molecular formula is C33H26ClF2N3O6. The van der Waals surface area contributed by atoms with Gasteiger partial charge in [0.25, 0.3) is 5.56 Å². The van der Waals surface area contributed by atoms with E-state index in [0.29, 0.717) is 28.5 Å². The lowest BCUT2D eigenvalue weighted by molar-refractivity contribution is -0.296. The highest BCUT2D eigenvalue weighted by Crippen LogP contribution is 2.32. The molecule has 45 heavy (non-hydrogen) atoms. The summed E-state index contributed by atoms with van der Waals surface area (Å²) in [5.41, 5.74) is 1.26. The van der Waals surface area contributed by atoms with Gasteiger partial charge < -0.3 is 9.84 Å². The minimum Gasteiger partial charge on any atom is -0.485 e. The summed E-state index contributed by atoms with van der Waals surface area (Å²) in [6.07, 6.45) is 0.00592. The Morgan fingerprint density at radius 1 is 0.956 bits per heavy atom. The highest BCUT2D eigenvalue weighted by atomic mass is 35.5. The Labute approximate surface area is 261 Å². The molecule has 1 N–H and O–H groups in total. The summed E-state index contributed by atoms with van der Waals surface area (Å²) in [7, 11) is 0. The predicted molar refractivity (Wildman–Crippen MR) is 160 cm³/mol. The van der Waals surface area contributed by atoms with Crippen molar-refractivity contribution in [3.05, 3.63) is 152 Å². The summed E-state index contributed by atoms with van der Waals surface area (Å²) in [6.45, 7) is 2.89. The van der Waals surface area contributed by atoms with Crippen molar-refractivity contribution < 1.29 is 33.2 Å². The Kier molecular flexibility index (Phi) is 9.62. The summed E-state index contributed by atoms with van der Waals surface area (Å²) in [5.74, 6) is -2.75. The number of rotatable bonds is 10. The Balaban J connectivity index is 1.38. The molecule has 5 aromatic rings. The molecule has 5 rings (SSSR count). The maximum absolute atomic E-state index is 14.0. The fourth-order valence-corrected chi connectivity index (χ4v) is 4.74. The van der Waals surface area contributed by atoms with E-state index in [2.05, 4.69) is 9.97 Å². The van der Waals surface area contributed by atoms with Crippen molar-refractivity contribution in [2.45, 2.75) is 32.7 Å². The topological polar surface area (TPSA) is 113 Å². The lowest BCUT2D eigenvalue weighted by Crippen LogP contribution is -2.23. The second-order valence-corrected chi connectivity index (χ2v) is 10.4. The van der Waals surface area contributed by atoms with Crippen LogP contribution in [0.15, 0.2) is 96.1 Å². The Hall–Kier alpha value is -4.97. The van der Waals surface area contributed by atoms with E-state index >= 15 is 0 Å². The van der Waals surface area contributed by atoms with E-state index in [0.717, 1.165) is 6.20 Å². The van der Waals surface area contributed by atoms with Gasteiger partial charge in [0.05, 0.1) is 11.9 Å². The average molecular weight is 634 g/mol. The number of benzene rings is 2. The molecule has 3 aromatic heterocycles. The molecule has 0 radical (unpaired) electrons. The summed E-state index contributed by atoms with van der Waals surface area (Å²) in [4.78, 5) is 44.9. The predicted octanol–water partition coefficient (Wildman–Crippen LogP) is 6.32. The molecule has 9 nitrogen and oxygen atoms in total. The van der Waals surface area contributed by atoms with Crippen molar-refractivity contribution in [2.75, 3.05) is 0 Å². The van der Waals surface area contributed by atoms with Crippen molar-refractivity contribution in [1.82, 2.24) is 14.5 Å². The first kappa shape index (κ1) is 31.5. The molecule has 0 aliphatic carbocycles. The average Bonchev–Trinajstić information content (AvgIpc) is 3.04. The van der Waals surface area contributed by atoms with Crippen LogP contribution in [-0.2, 0) is 16.4 Å². The van der Waals surface area contributed by atoms with Crippen LogP contribution >= 0.6 is 11.6 Å². The van der Waals surface area contributed by atoms with E-state index < -0.39 is 42.0 Å². The lowest BCUT2D eigenvalue weighted by atomic mass is 9.98. The number of aliphatic hydroxyl groups is 1. The second kappa shape index (κ2) is 13.8. The van der Waals surface area contributed by atoms with E-state index in [-0.39, 0.29) is 27.8 Å². The number of nitrogens with zero attached hydrogens (tertiary/aromatic N) is 3. The third kappa shape index (κ3) is 7.07. The number of carbonyl (C=O) groups is 1. The van der Waals surface area contributed by atoms with Gasteiger partial charge in [-0.1, -0.05) is 72.3 Å². The van der Waals surface area contributed by atoms with Gasteiger partial charge in [-0.25, -0.2) is 18.6 Å². The van der Waals surface area contributed by atoms with Crippen molar-refractivity contribution >= 4 is 17.6 Å². The Bertz CT molecular complexity index is 1890. The first-order valence-electron chi connectivity index (χ1n) is 13.6. The zero-order valence-corrected chi connectivity index (χ0v) is 24.7. The first-order valence-corrected chi connectivity index (χ1v) is 14.0. The first-order chi connectivity index (χ1) is 21.6. The zero-order valence-electron chi connectivity index (χ0n) is 24.0. The molecule has 0 fully saturated rings. The minimum absolute atomic E-state index is 0.0374. The number of carbonyl (C=O) groups excluding carboxylic acids is 1. The summed E-state index contributed by atoms with van der Waals surface area (Å²) >= 11 is 6.35. The quantitative estimate of drug-likeness (QED) is 0.140. The fraction of sp³-hybridized carbons (Fsp3) is 0.152. The summed E-state index contributed by atoms with van der Waals surface area (Å²) < 4.78 is 34.0. The van der Waals surface area contributed by atoms with Crippen molar-refractivity contribution in [1.29, 1.82) is 0 Å². The Morgan fingerprint density at radius 3 is 2.29 bits per heavy atom. The molecule has 2 atom stereocenters. The maximum Gasteiger partial charge on any atom is 0.391 e. The highest BCUT2D eigenvalue weighted by Gasteiger charge is 2.27. The largest absolute Gasteiger partial charge is 0.485 e. The van der Waals surface area contributed by atoms with Crippen LogP contribution in [0.4, 0.5) is 8.78 Å². The number of halogens is 3. The SMILES string of the molecule is Cc1cnc(C(=O)OO[C@@H](c2ccccc2)[C@H](O)c2ccccc2)cc1-n1c(C)cc(OCc2ncc(F)cc2F)c(Cl)c1=O. The van der Waals surface area contributed by atoms with E-state index in [4.69, 9.17) is 26.1 Å². The molecule has 0 aliphatic heterocycles. The van der Waals surface area contributed by atoms with Gasteiger partial charge in [0.1, 0.15) is 35.0 Å². The van der Waals surface area contributed by atoms with Gasteiger partial charge in [0.15, 0.2) is 17.6 Å². The van der Waals surface area contributed by atoms with E-state index in [1.165, 1.54) is 22.9 Å². The van der Waals surface area contributed by atoms with Crippen molar-refractivity contribution in [3.8, 4) is 11.4 Å². The normalized spacial score (nSPS) is 12.4. The molecule has 12 heteroatoms. The van der Waals surface area contributed by atoms with Crippen LogP contribution in [0.25, 0.3) is 5.69 Å². The van der Waals surface area contributed by atoms with Crippen molar-refractivity contribution in [2.24, 2.45) is 0 Å². The zero-order chi connectivity index (χ0) is 32.1. The molecule has 0 amide bonds. The smallest absolute Gasteiger partial charge is 0.391 e. The molecular weight excluding hydrogens is 608 g/mol. The highest BCUT2D eigenvalue weighted by molar-refractivity contribution is 6.31. The van der Waals surface area contributed by atoms with Crippen LogP contribution in [0.1, 0.15) is 50.8 Å². The molecule has 230 valence electrons. The standard InChI is InChI=1S/C33H26ClF2N3O6/c1-19-16-37-25(33(42)45-44-31(22-11-7-4-8-12-22)30(40)21-9-5-3-6-10-21)15-27(19)39-20(2)13-28(29(34)32(39)41)43-18-26-24(36)14-23(35)17-38-26/h3-17,30-31,40H,18H2,1-2H3/t30-,31+/m1/s1. The molecule has 0 saturated carbocycles. The van der Waals surface area contributed by atoms with Gasteiger partial charge in [0, 0.05) is 24.0 Å². The molecule has 0 spiro atoms. The molecule has 3 heterocycles. The third-order valence-electron chi connectivity index (χ3n) is 6.86. The monoisotopic (exact) mass is 633 g/mol. The van der Waals surface area contributed by atoms with Crippen LogP contribution in [-0.4, -0.2) is 25.6 Å². The van der Waals surface area contributed by atoms with Crippen LogP contribution in [0.3, 0.4) is 0 Å². The lowest BCUT2D eigenvalue weighted by Gasteiger charge is -2.22. The van der Waals surface area contributed by atoms with E-state index in [1.807, 2.05) is 6.07 Å². The minimum atomic E-state index is -1.16. The van der Waals surface area contributed by atoms with E-state index in [1.54, 1.807) is 68.4 Å². The van der Waals surface area contributed by atoms with Crippen LogP contribution in [0, 0.1) is 25.5 Å². The fourth-order valence-electron chi connectivity index (χ4n) is 4.54. The van der Waals surface area contributed by atoms with Gasteiger partial charge in [-0.3, -0.25) is 19.2 Å². The van der Waals surface area contributed by atoms with Gasteiger partial charge in [-0.2, -0.15) is 4.89 Å². The van der Waals surface area contributed by atoms with Gasteiger partial charge in [-0.05, 0) is 36.6 Å². The van der Waals surface area contributed by atoms with Crippen molar-refractivity contribution in [3.63, 3.8) is 0 Å². The third-order valence-corrected chi connectivity index (χ3v) is 7.20. The number of pyridine rings is 3. The van der Waals surface area contributed by atoms with Gasteiger partial charge in [0.2, 0.25) is 0 Å². The van der Waals surface area contributed by atoms with E-state index in [9.17, 15) is 23.5 Å². The summed E-state index contributed by atoms with van der Waals surface area (Å²) in [5, 5.41) is 10.7. The molecule has 0 saturated heterocycles. The number of ether oxygens (including phenoxy) is 1. The molecule has 0 bridgehead atoms. The number of aromatic nitrogens is 3. The van der Waals surface area contributed by atoms with Crippen LogP contribution in [0.2, 0.25) is 5.02 Å². The molecule has 0 unspecified atom stereocenters.